The number of anilines is 2. The molecule has 1 amide bonds. The van der Waals surface area contributed by atoms with Gasteiger partial charge < -0.3 is 9.80 Å². The number of hydrogen-bond donors (Lipinski definition) is 0. The monoisotopic (exact) mass is 310 g/mol. The first-order chi connectivity index (χ1) is 11.2. The molecule has 0 radical (unpaired) electrons. The predicted octanol–water partition coefficient (Wildman–Crippen LogP) is 3.05. The summed E-state index contributed by atoms with van der Waals surface area (Å²) in [5.74, 6) is 0.750. The van der Waals surface area contributed by atoms with Crippen LogP contribution in [-0.2, 0) is 0 Å². The smallest absolute Gasteiger partial charge is 0.278 e. The third-order valence-corrected chi connectivity index (χ3v) is 4.27. The van der Waals surface area contributed by atoms with Gasteiger partial charge in [-0.1, -0.05) is 18.2 Å². The van der Waals surface area contributed by atoms with Gasteiger partial charge in [-0.2, -0.15) is 0 Å². The molecule has 0 spiro atoms. The molecule has 0 unspecified atom stereocenters. The molecule has 5 heteroatoms. The van der Waals surface area contributed by atoms with Gasteiger partial charge in [-0.25, -0.2) is 0 Å². The molecule has 1 saturated heterocycles. The SMILES string of the molecule is CCN(C(=O)c1ccc(N2CCCC2)nn1)c1ccccc1C. The molecule has 1 aromatic heterocycles. The highest BCUT2D eigenvalue weighted by molar-refractivity contribution is 6.05. The molecule has 2 aromatic rings. The van der Waals surface area contributed by atoms with Crippen LogP contribution in [0.1, 0.15) is 35.8 Å². The summed E-state index contributed by atoms with van der Waals surface area (Å²) in [5.41, 5.74) is 2.38. The summed E-state index contributed by atoms with van der Waals surface area (Å²) in [6, 6.07) is 11.6. The maximum absolute atomic E-state index is 12.8. The van der Waals surface area contributed by atoms with Crippen LogP contribution >= 0.6 is 0 Å². The van der Waals surface area contributed by atoms with Gasteiger partial charge in [0.05, 0.1) is 0 Å². The van der Waals surface area contributed by atoms with Crippen molar-refractivity contribution >= 4 is 17.4 Å². The third kappa shape index (κ3) is 3.18. The van der Waals surface area contributed by atoms with Crippen LogP contribution in [0.3, 0.4) is 0 Å². The van der Waals surface area contributed by atoms with Crippen molar-refractivity contribution in [2.24, 2.45) is 0 Å². The van der Waals surface area contributed by atoms with E-state index >= 15 is 0 Å². The fraction of sp³-hybridized carbons (Fsp3) is 0.389. The van der Waals surface area contributed by atoms with E-state index in [1.807, 2.05) is 44.2 Å². The number of aromatic nitrogens is 2. The zero-order valence-corrected chi connectivity index (χ0v) is 13.7. The normalized spacial score (nSPS) is 14.1. The van der Waals surface area contributed by atoms with E-state index in [2.05, 4.69) is 15.1 Å². The minimum atomic E-state index is -0.109. The molecule has 120 valence electrons. The van der Waals surface area contributed by atoms with Crippen molar-refractivity contribution in [3.8, 4) is 0 Å². The van der Waals surface area contributed by atoms with Crippen LogP contribution in [0.25, 0.3) is 0 Å². The highest BCUT2D eigenvalue weighted by Gasteiger charge is 2.20. The van der Waals surface area contributed by atoms with Gasteiger partial charge in [0.1, 0.15) is 0 Å². The van der Waals surface area contributed by atoms with Crippen LogP contribution in [-0.4, -0.2) is 35.7 Å². The molecule has 0 bridgehead atoms. The van der Waals surface area contributed by atoms with Gasteiger partial charge in [0.15, 0.2) is 11.5 Å². The molecule has 1 aromatic carbocycles. The molecular weight excluding hydrogens is 288 g/mol. The second-order valence-electron chi connectivity index (χ2n) is 5.81. The van der Waals surface area contributed by atoms with Crippen molar-refractivity contribution in [2.45, 2.75) is 26.7 Å². The number of carbonyl (C=O) groups is 1. The first-order valence-electron chi connectivity index (χ1n) is 8.17. The van der Waals surface area contributed by atoms with Gasteiger partial charge in [-0.3, -0.25) is 4.79 Å². The average molecular weight is 310 g/mol. The van der Waals surface area contributed by atoms with E-state index in [0.717, 1.165) is 30.2 Å². The van der Waals surface area contributed by atoms with Crippen LogP contribution in [0.4, 0.5) is 11.5 Å². The van der Waals surface area contributed by atoms with Gasteiger partial charge in [-0.15, -0.1) is 10.2 Å². The second-order valence-corrected chi connectivity index (χ2v) is 5.81. The molecule has 5 nitrogen and oxygen atoms in total. The number of hydrogen-bond acceptors (Lipinski definition) is 4. The Balaban J connectivity index is 1.82. The standard InChI is InChI=1S/C18H22N4O/c1-3-22(16-9-5-4-8-14(16)2)18(23)15-10-11-17(20-19-15)21-12-6-7-13-21/h4-5,8-11H,3,6-7,12-13H2,1-2H3. The lowest BCUT2D eigenvalue weighted by atomic mass is 10.1. The molecular formula is C18H22N4O. The Kier molecular flexibility index (Phi) is 4.55. The van der Waals surface area contributed by atoms with Gasteiger partial charge in [0, 0.05) is 25.3 Å². The molecule has 0 saturated carbocycles. The van der Waals surface area contributed by atoms with Crippen molar-refractivity contribution in [3.63, 3.8) is 0 Å². The van der Waals surface area contributed by atoms with E-state index in [1.54, 1.807) is 11.0 Å². The predicted molar refractivity (Wildman–Crippen MR) is 92.0 cm³/mol. The molecule has 23 heavy (non-hydrogen) atoms. The Morgan fingerprint density at radius 2 is 1.87 bits per heavy atom. The summed E-state index contributed by atoms with van der Waals surface area (Å²) in [6.45, 7) is 6.61. The fourth-order valence-electron chi connectivity index (χ4n) is 2.98. The first-order valence-corrected chi connectivity index (χ1v) is 8.17. The summed E-state index contributed by atoms with van der Waals surface area (Å²) in [4.78, 5) is 16.7. The summed E-state index contributed by atoms with van der Waals surface area (Å²) >= 11 is 0. The minimum Gasteiger partial charge on any atom is -0.355 e. The lowest BCUT2D eigenvalue weighted by molar-refractivity contribution is 0.0982. The summed E-state index contributed by atoms with van der Waals surface area (Å²) in [5, 5.41) is 8.41. The molecule has 0 N–H and O–H groups in total. The Morgan fingerprint density at radius 3 is 2.48 bits per heavy atom. The third-order valence-electron chi connectivity index (χ3n) is 4.27. The van der Waals surface area contributed by atoms with Crippen LogP contribution < -0.4 is 9.80 Å². The zero-order chi connectivity index (χ0) is 16.2. The van der Waals surface area contributed by atoms with E-state index in [0.29, 0.717) is 12.2 Å². The van der Waals surface area contributed by atoms with Crippen LogP contribution in [0.5, 0.6) is 0 Å². The highest BCUT2D eigenvalue weighted by Crippen LogP contribution is 2.22. The summed E-state index contributed by atoms with van der Waals surface area (Å²) < 4.78 is 0. The fourth-order valence-corrected chi connectivity index (χ4v) is 2.98. The lowest BCUT2D eigenvalue weighted by Gasteiger charge is -2.22. The molecule has 2 heterocycles. The van der Waals surface area contributed by atoms with E-state index in [1.165, 1.54) is 12.8 Å². The molecule has 0 aliphatic carbocycles. The van der Waals surface area contributed by atoms with Crippen LogP contribution in [0.15, 0.2) is 36.4 Å². The van der Waals surface area contributed by atoms with Gasteiger partial charge in [0.25, 0.3) is 5.91 Å². The van der Waals surface area contributed by atoms with E-state index in [-0.39, 0.29) is 5.91 Å². The number of amides is 1. The second kappa shape index (κ2) is 6.77. The maximum atomic E-state index is 12.8. The lowest BCUT2D eigenvalue weighted by Crippen LogP contribution is -2.32. The molecule has 3 rings (SSSR count). The van der Waals surface area contributed by atoms with Crippen molar-refractivity contribution in [2.75, 3.05) is 29.4 Å². The number of rotatable bonds is 4. The number of benzene rings is 1. The molecule has 1 aliphatic heterocycles. The van der Waals surface area contributed by atoms with E-state index in [4.69, 9.17) is 0 Å². The molecule has 1 fully saturated rings. The van der Waals surface area contributed by atoms with Gasteiger partial charge >= 0.3 is 0 Å². The maximum Gasteiger partial charge on any atom is 0.278 e. The van der Waals surface area contributed by atoms with Gasteiger partial charge in [0.2, 0.25) is 0 Å². The average Bonchev–Trinajstić information content (AvgIpc) is 3.12. The largest absolute Gasteiger partial charge is 0.355 e. The van der Waals surface area contributed by atoms with Crippen molar-refractivity contribution in [1.82, 2.24) is 10.2 Å². The van der Waals surface area contributed by atoms with E-state index < -0.39 is 0 Å². The number of para-hydroxylation sites is 1. The number of carbonyl (C=O) groups excluding carboxylic acids is 1. The summed E-state index contributed by atoms with van der Waals surface area (Å²) in [7, 11) is 0. The Labute approximate surface area is 136 Å². The Hall–Kier alpha value is -2.43. The topological polar surface area (TPSA) is 49.3 Å². The quantitative estimate of drug-likeness (QED) is 0.871. The first kappa shape index (κ1) is 15.5. The molecule has 0 atom stereocenters. The molecule has 1 aliphatic rings. The van der Waals surface area contributed by atoms with Crippen molar-refractivity contribution in [1.29, 1.82) is 0 Å². The van der Waals surface area contributed by atoms with Crippen molar-refractivity contribution < 1.29 is 4.79 Å². The highest BCUT2D eigenvalue weighted by atomic mass is 16.2. The summed E-state index contributed by atoms with van der Waals surface area (Å²) in [6.07, 6.45) is 2.39. The Morgan fingerprint density at radius 1 is 1.13 bits per heavy atom. The van der Waals surface area contributed by atoms with E-state index in [9.17, 15) is 4.79 Å². The number of aryl methyl sites for hydroxylation is 1. The number of nitrogens with zero attached hydrogens (tertiary/aromatic N) is 4. The van der Waals surface area contributed by atoms with Gasteiger partial charge in [-0.05, 0) is 50.5 Å². The van der Waals surface area contributed by atoms with Crippen LogP contribution in [0, 0.1) is 6.92 Å². The Bertz CT molecular complexity index is 678. The minimum absolute atomic E-state index is 0.109. The van der Waals surface area contributed by atoms with Crippen molar-refractivity contribution in [3.05, 3.63) is 47.7 Å². The van der Waals surface area contributed by atoms with Crippen LogP contribution in [0.2, 0.25) is 0 Å². The zero-order valence-electron chi connectivity index (χ0n) is 13.7.